The zero-order valence-electron chi connectivity index (χ0n) is 11.5. The van der Waals surface area contributed by atoms with E-state index in [0.717, 1.165) is 29.2 Å². The Hall–Kier alpha value is -0.650. The molecular weight excluding hydrogens is 334 g/mol. The largest absolute Gasteiger partial charge is 0.389 e. The van der Waals surface area contributed by atoms with Crippen LogP contribution in [0.2, 0.25) is 0 Å². The van der Waals surface area contributed by atoms with Crippen LogP contribution in [-0.4, -0.2) is 42.1 Å². The highest BCUT2D eigenvalue weighted by Crippen LogP contribution is 2.28. The number of fused-ring (bicyclic) bond motifs is 1. The minimum absolute atomic E-state index is 0.446. The van der Waals surface area contributed by atoms with Crippen LogP contribution in [0.4, 0.5) is 5.69 Å². The summed E-state index contributed by atoms with van der Waals surface area (Å²) in [6.45, 7) is 4.79. The third kappa shape index (κ3) is 2.85. The number of hydrogen-bond acceptors (Lipinski definition) is 3. The first-order valence-electron chi connectivity index (χ1n) is 7.23. The van der Waals surface area contributed by atoms with Crippen molar-refractivity contribution in [1.82, 2.24) is 4.90 Å². The first-order valence-corrected chi connectivity index (χ1v) is 8.43. The van der Waals surface area contributed by atoms with Crippen LogP contribution < -0.4 is 10.6 Å². The van der Waals surface area contributed by atoms with E-state index >= 15 is 0 Å². The molecule has 1 atom stereocenters. The highest BCUT2D eigenvalue weighted by Gasteiger charge is 2.28. The van der Waals surface area contributed by atoms with E-state index in [1.54, 1.807) is 0 Å². The number of anilines is 1. The van der Waals surface area contributed by atoms with Gasteiger partial charge >= 0.3 is 0 Å². The second-order valence-electron chi connectivity index (χ2n) is 5.66. The fourth-order valence-electron chi connectivity index (χ4n) is 3.34. The van der Waals surface area contributed by atoms with Gasteiger partial charge in [0.05, 0.1) is 0 Å². The SMILES string of the molecule is NC(=S)c1ccc(N2CCCN3CCCC3C2)cc1Br. The van der Waals surface area contributed by atoms with Gasteiger partial charge in [-0.15, -0.1) is 0 Å². The summed E-state index contributed by atoms with van der Waals surface area (Å²) in [5.41, 5.74) is 7.91. The lowest BCUT2D eigenvalue weighted by Crippen LogP contribution is -2.36. The summed E-state index contributed by atoms with van der Waals surface area (Å²) >= 11 is 8.65. The lowest BCUT2D eigenvalue weighted by molar-refractivity contribution is 0.273. The normalized spacial score (nSPS) is 23.4. The molecule has 0 aromatic heterocycles. The fourth-order valence-corrected chi connectivity index (χ4v) is 4.23. The Morgan fingerprint density at radius 2 is 2.05 bits per heavy atom. The molecule has 0 radical (unpaired) electrons. The standard InChI is InChI=1S/C15H20BrN3S/c16-14-9-11(4-5-13(14)15(17)20)19-8-2-7-18-6-1-3-12(18)10-19/h4-5,9,12H,1-3,6-8,10H2,(H2,17,20). The molecule has 20 heavy (non-hydrogen) atoms. The summed E-state index contributed by atoms with van der Waals surface area (Å²) in [5.74, 6) is 0. The highest BCUT2D eigenvalue weighted by atomic mass is 79.9. The molecule has 1 aromatic rings. The molecule has 108 valence electrons. The molecule has 2 fully saturated rings. The lowest BCUT2D eigenvalue weighted by Gasteiger charge is -2.27. The molecule has 0 amide bonds. The van der Waals surface area contributed by atoms with Crippen molar-refractivity contribution >= 4 is 38.8 Å². The second kappa shape index (κ2) is 6.00. The number of nitrogens with zero attached hydrogens (tertiary/aromatic N) is 2. The number of benzene rings is 1. The summed E-state index contributed by atoms with van der Waals surface area (Å²) in [7, 11) is 0. The average Bonchev–Trinajstić information content (AvgIpc) is 2.75. The van der Waals surface area contributed by atoms with Crippen LogP contribution in [0.25, 0.3) is 0 Å². The third-order valence-corrected chi connectivity index (χ3v) is 5.26. The van der Waals surface area contributed by atoms with Gasteiger partial charge in [0.25, 0.3) is 0 Å². The van der Waals surface area contributed by atoms with Crippen LogP contribution >= 0.6 is 28.1 Å². The van der Waals surface area contributed by atoms with Gasteiger partial charge in [-0.05, 0) is 59.9 Å². The van der Waals surface area contributed by atoms with Crippen molar-refractivity contribution in [2.75, 3.05) is 31.1 Å². The number of nitrogens with two attached hydrogens (primary N) is 1. The Kier molecular flexibility index (Phi) is 4.29. The molecule has 0 spiro atoms. The third-order valence-electron chi connectivity index (χ3n) is 4.39. The smallest absolute Gasteiger partial charge is 0.105 e. The molecule has 3 nitrogen and oxygen atoms in total. The Balaban J connectivity index is 1.81. The van der Waals surface area contributed by atoms with Crippen molar-refractivity contribution in [3.8, 4) is 0 Å². The Morgan fingerprint density at radius 3 is 2.80 bits per heavy atom. The van der Waals surface area contributed by atoms with Crippen molar-refractivity contribution in [3.63, 3.8) is 0 Å². The summed E-state index contributed by atoms with van der Waals surface area (Å²) in [4.78, 5) is 5.60. The van der Waals surface area contributed by atoms with Crippen molar-refractivity contribution in [2.24, 2.45) is 5.73 Å². The highest BCUT2D eigenvalue weighted by molar-refractivity contribution is 9.10. The van der Waals surface area contributed by atoms with E-state index in [9.17, 15) is 0 Å². The van der Waals surface area contributed by atoms with E-state index < -0.39 is 0 Å². The van der Waals surface area contributed by atoms with Gasteiger partial charge in [-0.2, -0.15) is 0 Å². The minimum Gasteiger partial charge on any atom is -0.389 e. The monoisotopic (exact) mass is 353 g/mol. The van der Waals surface area contributed by atoms with Gasteiger partial charge in [0.1, 0.15) is 4.99 Å². The summed E-state index contributed by atoms with van der Waals surface area (Å²) in [6, 6.07) is 7.05. The topological polar surface area (TPSA) is 32.5 Å². The molecule has 2 heterocycles. The van der Waals surface area contributed by atoms with Crippen LogP contribution in [0, 0.1) is 0 Å². The van der Waals surface area contributed by atoms with E-state index in [4.69, 9.17) is 18.0 Å². The van der Waals surface area contributed by atoms with E-state index in [2.05, 4.69) is 37.9 Å². The van der Waals surface area contributed by atoms with E-state index in [1.165, 1.54) is 38.0 Å². The zero-order chi connectivity index (χ0) is 14.1. The van der Waals surface area contributed by atoms with E-state index in [-0.39, 0.29) is 0 Å². The van der Waals surface area contributed by atoms with Gasteiger partial charge in [-0.3, -0.25) is 4.90 Å². The lowest BCUT2D eigenvalue weighted by atomic mass is 10.1. The molecule has 2 N–H and O–H groups in total. The first-order chi connectivity index (χ1) is 9.65. The number of thiocarbonyl (C=S) groups is 1. The zero-order valence-corrected chi connectivity index (χ0v) is 13.9. The number of hydrogen-bond donors (Lipinski definition) is 1. The van der Waals surface area contributed by atoms with Crippen LogP contribution in [0.1, 0.15) is 24.8 Å². The van der Waals surface area contributed by atoms with Gasteiger partial charge in [-0.25, -0.2) is 0 Å². The molecule has 1 aromatic carbocycles. The van der Waals surface area contributed by atoms with Crippen molar-refractivity contribution < 1.29 is 0 Å². The van der Waals surface area contributed by atoms with E-state index in [0.29, 0.717) is 4.99 Å². The fraction of sp³-hybridized carbons (Fsp3) is 0.533. The molecule has 5 heteroatoms. The Morgan fingerprint density at radius 1 is 1.25 bits per heavy atom. The Bertz CT molecular complexity index is 520. The first kappa shape index (κ1) is 14.3. The molecule has 3 rings (SSSR count). The summed E-state index contributed by atoms with van der Waals surface area (Å²) < 4.78 is 0.995. The van der Waals surface area contributed by atoms with Crippen molar-refractivity contribution in [3.05, 3.63) is 28.2 Å². The molecule has 0 bridgehead atoms. The predicted octanol–water partition coefficient (Wildman–Crippen LogP) is 2.76. The predicted molar refractivity (Wildman–Crippen MR) is 91.5 cm³/mol. The molecule has 0 aliphatic carbocycles. The summed E-state index contributed by atoms with van der Waals surface area (Å²) in [5, 5.41) is 0. The number of halogens is 1. The van der Waals surface area contributed by atoms with Gasteiger partial charge in [0.2, 0.25) is 0 Å². The van der Waals surface area contributed by atoms with E-state index in [1.807, 2.05) is 6.07 Å². The van der Waals surface area contributed by atoms with Gasteiger partial charge < -0.3 is 10.6 Å². The van der Waals surface area contributed by atoms with Crippen molar-refractivity contribution in [1.29, 1.82) is 0 Å². The molecule has 2 saturated heterocycles. The van der Waals surface area contributed by atoms with Crippen LogP contribution in [0.3, 0.4) is 0 Å². The maximum absolute atomic E-state index is 5.72. The van der Waals surface area contributed by atoms with Crippen LogP contribution in [-0.2, 0) is 0 Å². The van der Waals surface area contributed by atoms with Crippen LogP contribution in [0.5, 0.6) is 0 Å². The maximum atomic E-state index is 5.72. The molecule has 2 aliphatic heterocycles. The van der Waals surface area contributed by atoms with Crippen LogP contribution in [0.15, 0.2) is 22.7 Å². The average molecular weight is 354 g/mol. The van der Waals surface area contributed by atoms with Gasteiger partial charge in [0.15, 0.2) is 0 Å². The Labute approximate surface area is 134 Å². The molecule has 2 aliphatic rings. The second-order valence-corrected chi connectivity index (χ2v) is 6.95. The number of rotatable bonds is 2. The molecule has 0 saturated carbocycles. The van der Waals surface area contributed by atoms with Gasteiger partial charge in [0, 0.05) is 41.4 Å². The minimum atomic E-state index is 0.446. The molecule has 1 unspecified atom stereocenters. The quantitative estimate of drug-likeness (QED) is 0.828. The van der Waals surface area contributed by atoms with Crippen molar-refractivity contribution in [2.45, 2.75) is 25.3 Å². The maximum Gasteiger partial charge on any atom is 0.105 e. The molecular formula is C15H20BrN3S. The summed E-state index contributed by atoms with van der Waals surface area (Å²) in [6.07, 6.45) is 3.93. The van der Waals surface area contributed by atoms with Gasteiger partial charge in [-0.1, -0.05) is 12.2 Å².